The van der Waals surface area contributed by atoms with Crippen molar-refractivity contribution in [3.63, 3.8) is 0 Å². The third-order valence-corrected chi connectivity index (χ3v) is 4.40. The molecule has 29 heavy (non-hydrogen) atoms. The molecule has 1 aliphatic heterocycles. The number of aromatic nitrogens is 1. The predicted molar refractivity (Wildman–Crippen MR) is 105 cm³/mol. The van der Waals surface area contributed by atoms with Gasteiger partial charge in [0.15, 0.2) is 6.61 Å². The lowest BCUT2D eigenvalue weighted by Gasteiger charge is -2.35. The summed E-state index contributed by atoms with van der Waals surface area (Å²) >= 11 is 0. The fourth-order valence-corrected chi connectivity index (χ4v) is 2.88. The van der Waals surface area contributed by atoms with Gasteiger partial charge in [-0.05, 0) is 24.3 Å². The number of nitrogens with zero attached hydrogens (tertiary/aromatic N) is 3. The van der Waals surface area contributed by atoms with Gasteiger partial charge in [0.1, 0.15) is 13.6 Å². The molecule has 1 aromatic heterocycles. The van der Waals surface area contributed by atoms with E-state index < -0.39 is 18.5 Å². The van der Waals surface area contributed by atoms with Crippen molar-refractivity contribution in [3.8, 4) is 5.75 Å². The Morgan fingerprint density at radius 1 is 1.21 bits per heavy atom. The normalized spacial score (nSPS) is 13.9. The number of rotatable bonds is 7. The number of anilines is 1. The van der Waals surface area contributed by atoms with Crippen LogP contribution >= 0.6 is 0 Å². The lowest BCUT2D eigenvalue weighted by atomic mass is 9.93. The summed E-state index contributed by atoms with van der Waals surface area (Å²) in [5, 5.41) is 11.3. The molecule has 1 aromatic carbocycles. The van der Waals surface area contributed by atoms with Crippen LogP contribution in [0, 0.1) is 0 Å². The number of hydrogen-bond donors (Lipinski definition) is 2. The van der Waals surface area contributed by atoms with Crippen LogP contribution in [0.1, 0.15) is 10.4 Å². The molecule has 10 heteroatoms. The molecule has 2 amide bonds. The fourth-order valence-electron chi connectivity index (χ4n) is 2.88. The van der Waals surface area contributed by atoms with Gasteiger partial charge in [-0.3, -0.25) is 14.6 Å². The lowest BCUT2D eigenvalue weighted by molar-refractivity contribution is -0.139. The second-order valence-corrected chi connectivity index (χ2v) is 6.38. The third-order valence-electron chi connectivity index (χ3n) is 4.40. The Morgan fingerprint density at radius 3 is 2.62 bits per heavy atom. The molecule has 148 valence electrons. The molecule has 0 spiro atoms. The first-order valence-electron chi connectivity index (χ1n) is 8.89. The van der Waals surface area contributed by atoms with Gasteiger partial charge in [0.2, 0.25) is 5.91 Å². The van der Waals surface area contributed by atoms with E-state index in [9.17, 15) is 14.4 Å². The van der Waals surface area contributed by atoms with Crippen molar-refractivity contribution < 1.29 is 24.2 Å². The summed E-state index contributed by atoms with van der Waals surface area (Å²) in [5.41, 5.74) is 1.37. The monoisotopic (exact) mass is 394 g/mol. The minimum Gasteiger partial charge on any atom is -0.483 e. The number of carboxylic acids is 1. The number of nitrogens with one attached hydrogen (secondary N) is 1. The number of aliphatic carboxylic acids is 1. The van der Waals surface area contributed by atoms with Crippen LogP contribution in [0.2, 0.25) is 0 Å². The van der Waals surface area contributed by atoms with Gasteiger partial charge in [0, 0.05) is 36.7 Å². The van der Waals surface area contributed by atoms with Gasteiger partial charge in [0.05, 0.1) is 13.2 Å². The van der Waals surface area contributed by atoms with E-state index in [1.54, 1.807) is 17.3 Å². The molecule has 2 aromatic rings. The van der Waals surface area contributed by atoms with Crippen molar-refractivity contribution in [1.82, 2.24) is 15.2 Å². The largest absolute Gasteiger partial charge is 0.483 e. The molecule has 9 nitrogen and oxygen atoms in total. The van der Waals surface area contributed by atoms with Crippen LogP contribution in [-0.2, 0) is 9.59 Å². The number of carbonyl (C=O) groups is 3. The number of benzene rings is 1. The summed E-state index contributed by atoms with van der Waals surface area (Å²) in [4.78, 5) is 42.8. The zero-order valence-corrected chi connectivity index (χ0v) is 15.6. The number of pyridine rings is 1. The van der Waals surface area contributed by atoms with Crippen LogP contribution in [0.5, 0.6) is 5.75 Å². The highest BCUT2D eigenvalue weighted by Crippen LogP contribution is 2.15. The van der Waals surface area contributed by atoms with Gasteiger partial charge < -0.3 is 25.0 Å². The molecule has 0 aliphatic carbocycles. The molecule has 0 unspecified atom stereocenters. The molecule has 2 radical (unpaired) electrons. The first-order chi connectivity index (χ1) is 13.9. The van der Waals surface area contributed by atoms with E-state index in [0.29, 0.717) is 13.1 Å². The topological polar surface area (TPSA) is 112 Å². The molecule has 0 atom stereocenters. The Hall–Kier alpha value is -3.56. The van der Waals surface area contributed by atoms with E-state index in [-0.39, 0.29) is 35.9 Å². The number of carboxylic acid groups (broad SMARTS) is 1. The van der Waals surface area contributed by atoms with Crippen molar-refractivity contribution in [3.05, 3.63) is 48.3 Å². The standard InChI is InChI=1S/C19H19BN4O5/c20-15-9-13(1-2-16(15)29-11-18(26)27)19(28)22-12-24-8-7-23(10-17(24)25)14-3-5-21-6-4-14/h1-6,9H,7-8,10-12H2,(H,22,28)(H,26,27). The van der Waals surface area contributed by atoms with Gasteiger partial charge >= 0.3 is 5.97 Å². The van der Waals surface area contributed by atoms with Gasteiger partial charge in [-0.1, -0.05) is 11.5 Å². The smallest absolute Gasteiger partial charge is 0.341 e. The summed E-state index contributed by atoms with van der Waals surface area (Å²) < 4.78 is 5.03. The third kappa shape index (κ3) is 5.25. The van der Waals surface area contributed by atoms with Gasteiger partial charge in [-0.2, -0.15) is 0 Å². The molecule has 2 N–H and O–H groups in total. The number of hydrogen-bond acceptors (Lipinski definition) is 6. The van der Waals surface area contributed by atoms with Crippen LogP contribution in [-0.4, -0.2) is 73.5 Å². The second-order valence-electron chi connectivity index (χ2n) is 6.38. The maximum Gasteiger partial charge on any atom is 0.341 e. The summed E-state index contributed by atoms with van der Waals surface area (Å²) in [7, 11) is 5.80. The van der Waals surface area contributed by atoms with Crippen molar-refractivity contribution >= 4 is 36.8 Å². The van der Waals surface area contributed by atoms with E-state index in [4.69, 9.17) is 17.7 Å². The number of carbonyl (C=O) groups excluding carboxylic acids is 2. The second kappa shape index (κ2) is 9.09. The minimum atomic E-state index is -1.13. The lowest BCUT2D eigenvalue weighted by Crippen LogP contribution is -2.53. The van der Waals surface area contributed by atoms with Gasteiger partial charge in [0.25, 0.3) is 5.91 Å². The van der Waals surface area contributed by atoms with E-state index >= 15 is 0 Å². The summed E-state index contributed by atoms with van der Waals surface area (Å²) in [6.45, 7) is 0.907. The Bertz CT molecular complexity index is 909. The molecular weight excluding hydrogens is 375 g/mol. The van der Waals surface area contributed by atoms with Crippen molar-refractivity contribution in [2.24, 2.45) is 0 Å². The number of ether oxygens (including phenoxy) is 1. The van der Waals surface area contributed by atoms with Gasteiger partial charge in [-0.25, -0.2) is 4.79 Å². The Kier molecular flexibility index (Phi) is 6.33. The van der Waals surface area contributed by atoms with E-state index in [2.05, 4.69) is 10.3 Å². The van der Waals surface area contributed by atoms with E-state index in [1.165, 1.54) is 18.2 Å². The molecule has 1 fully saturated rings. The van der Waals surface area contributed by atoms with Gasteiger partial charge in [-0.15, -0.1) is 0 Å². The predicted octanol–water partition coefficient (Wildman–Crippen LogP) is -0.625. The summed E-state index contributed by atoms with van der Waals surface area (Å²) in [6, 6.07) is 8.01. The number of amides is 2. The highest BCUT2D eigenvalue weighted by atomic mass is 16.5. The summed E-state index contributed by atoms with van der Waals surface area (Å²) in [6.07, 6.45) is 3.35. The quantitative estimate of drug-likeness (QED) is 0.602. The minimum absolute atomic E-state index is 0.0824. The Morgan fingerprint density at radius 2 is 1.97 bits per heavy atom. The first kappa shape index (κ1) is 20.2. The Balaban J connectivity index is 1.52. The van der Waals surface area contributed by atoms with Crippen LogP contribution in [0.3, 0.4) is 0 Å². The maximum atomic E-state index is 12.4. The SMILES string of the molecule is [B]c1cc(C(=O)NCN2CCN(c3ccncc3)CC2=O)ccc1OCC(=O)O. The highest BCUT2D eigenvalue weighted by molar-refractivity contribution is 6.34. The first-order valence-corrected chi connectivity index (χ1v) is 8.89. The summed E-state index contributed by atoms with van der Waals surface area (Å²) in [5.74, 6) is -1.43. The van der Waals surface area contributed by atoms with Crippen molar-refractivity contribution in [1.29, 1.82) is 0 Å². The molecule has 3 rings (SSSR count). The molecule has 0 bridgehead atoms. The zero-order chi connectivity index (χ0) is 20.8. The molecular formula is C19H19BN4O5. The van der Waals surface area contributed by atoms with Crippen LogP contribution < -0.4 is 20.4 Å². The van der Waals surface area contributed by atoms with Crippen LogP contribution in [0.25, 0.3) is 0 Å². The molecule has 2 heterocycles. The average Bonchev–Trinajstić information content (AvgIpc) is 2.72. The van der Waals surface area contributed by atoms with Crippen molar-refractivity contribution in [2.75, 3.05) is 37.8 Å². The zero-order valence-electron chi connectivity index (χ0n) is 15.6. The van der Waals surface area contributed by atoms with E-state index in [1.807, 2.05) is 17.0 Å². The fraction of sp³-hybridized carbons (Fsp3) is 0.263. The highest BCUT2D eigenvalue weighted by Gasteiger charge is 2.24. The number of piperazine rings is 1. The molecule has 1 saturated heterocycles. The van der Waals surface area contributed by atoms with Crippen LogP contribution in [0.15, 0.2) is 42.7 Å². The average molecular weight is 394 g/mol. The van der Waals surface area contributed by atoms with Crippen LogP contribution in [0.4, 0.5) is 5.69 Å². The molecule has 0 saturated carbocycles. The molecule has 1 aliphatic rings. The van der Waals surface area contributed by atoms with Crippen molar-refractivity contribution in [2.45, 2.75) is 0 Å². The van der Waals surface area contributed by atoms with E-state index in [0.717, 1.165) is 5.69 Å². The maximum absolute atomic E-state index is 12.4. The Labute approximate surface area is 168 Å².